The molecule has 0 aliphatic rings. The van der Waals surface area contributed by atoms with Gasteiger partial charge in [-0.3, -0.25) is 10.1 Å². The summed E-state index contributed by atoms with van der Waals surface area (Å²) in [7, 11) is 0. The summed E-state index contributed by atoms with van der Waals surface area (Å²) in [4.78, 5) is 10.4. The van der Waals surface area contributed by atoms with Gasteiger partial charge in [-0.2, -0.15) is 0 Å². The second kappa shape index (κ2) is 5.66. The quantitative estimate of drug-likeness (QED) is 0.504. The van der Waals surface area contributed by atoms with Crippen LogP contribution in [0.2, 0.25) is 5.02 Å². The number of nitro groups is 1. The number of halogens is 1. The molecule has 0 atom stereocenters. The van der Waals surface area contributed by atoms with Crippen molar-refractivity contribution in [2.24, 2.45) is 0 Å². The number of hydrogen-bond acceptors (Lipinski definition) is 2. The smallest absolute Gasteiger partial charge is 0.269 e. The van der Waals surface area contributed by atoms with Gasteiger partial charge in [0.05, 0.1) is 10.6 Å². The van der Waals surface area contributed by atoms with Gasteiger partial charge >= 0.3 is 0 Å². The van der Waals surface area contributed by atoms with Crippen molar-refractivity contribution in [3.63, 3.8) is 0 Å². The minimum atomic E-state index is -0.396. The normalized spacial score (nSPS) is 10.6. The molecule has 2 aromatic carbocycles. The van der Waals surface area contributed by atoms with Crippen LogP contribution < -0.4 is 0 Å². The zero-order valence-corrected chi connectivity index (χ0v) is 12.6. The SMILES string of the molecule is Cc1ccc(-c2ccc(Cl)cc2)n1-c1ccc([N+](=O)[O-])cc1. The molecule has 3 aromatic rings. The largest absolute Gasteiger partial charge is 0.314 e. The number of hydrogen-bond donors (Lipinski definition) is 0. The van der Waals surface area contributed by atoms with E-state index in [1.54, 1.807) is 12.1 Å². The molecule has 3 rings (SSSR count). The van der Waals surface area contributed by atoms with Gasteiger partial charge in [0, 0.05) is 28.5 Å². The summed E-state index contributed by atoms with van der Waals surface area (Å²) >= 11 is 5.94. The van der Waals surface area contributed by atoms with Gasteiger partial charge < -0.3 is 4.57 Å². The molecular formula is C17H13ClN2O2. The van der Waals surface area contributed by atoms with Crippen molar-refractivity contribution in [1.82, 2.24) is 4.57 Å². The average Bonchev–Trinajstić information content (AvgIpc) is 2.90. The van der Waals surface area contributed by atoms with Crippen LogP contribution in [0.3, 0.4) is 0 Å². The van der Waals surface area contributed by atoms with Crippen LogP contribution in [0.1, 0.15) is 5.69 Å². The number of nitro benzene ring substituents is 1. The first-order valence-electron chi connectivity index (χ1n) is 6.75. The fourth-order valence-corrected chi connectivity index (χ4v) is 2.58. The summed E-state index contributed by atoms with van der Waals surface area (Å²) in [6.45, 7) is 2.00. The number of aryl methyl sites for hydroxylation is 1. The summed E-state index contributed by atoms with van der Waals surface area (Å²) in [5.74, 6) is 0. The highest BCUT2D eigenvalue weighted by atomic mass is 35.5. The standard InChI is InChI=1S/C17H13ClN2O2/c1-12-2-11-17(13-3-5-14(18)6-4-13)19(12)15-7-9-16(10-8-15)20(21)22/h2-11H,1H3. The van der Waals surface area contributed by atoms with Crippen LogP contribution in [0, 0.1) is 17.0 Å². The monoisotopic (exact) mass is 312 g/mol. The Bertz CT molecular complexity index is 821. The summed E-state index contributed by atoms with van der Waals surface area (Å²) in [5, 5.41) is 11.5. The molecular weight excluding hydrogens is 300 g/mol. The molecule has 1 aromatic heterocycles. The second-order valence-electron chi connectivity index (χ2n) is 4.98. The van der Waals surface area contributed by atoms with E-state index >= 15 is 0 Å². The first-order chi connectivity index (χ1) is 10.6. The molecule has 5 heteroatoms. The maximum absolute atomic E-state index is 10.8. The number of non-ortho nitro benzene ring substituents is 1. The number of rotatable bonds is 3. The van der Waals surface area contributed by atoms with Crippen LogP contribution in [0.5, 0.6) is 0 Å². The highest BCUT2D eigenvalue weighted by Gasteiger charge is 2.11. The van der Waals surface area contributed by atoms with E-state index in [-0.39, 0.29) is 5.69 Å². The third-order valence-corrected chi connectivity index (χ3v) is 3.79. The fraction of sp³-hybridized carbons (Fsp3) is 0.0588. The summed E-state index contributed by atoms with van der Waals surface area (Å²) < 4.78 is 2.06. The van der Waals surface area contributed by atoms with Gasteiger partial charge in [-0.25, -0.2) is 0 Å². The predicted molar refractivity (Wildman–Crippen MR) is 87.6 cm³/mol. The Morgan fingerprint density at radius 2 is 1.59 bits per heavy atom. The number of aromatic nitrogens is 1. The third-order valence-electron chi connectivity index (χ3n) is 3.53. The predicted octanol–water partition coefficient (Wildman–Crippen LogP) is 5.01. The zero-order valence-electron chi connectivity index (χ0n) is 11.9. The Labute approximate surface area is 132 Å². The maximum Gasteiger partial charge on any atom is 0.269 e. The van der Waals surface area contributed by atoms with Crippen molar-refractivity contribution >= 4 is 17.3 Å². The minimum absolute atomic E-state index is 0.0848. The molecule has 4 nitrogen and oxygen atoms in total. The van der Waals surface area contributed by atoms with Gasteiger partial charge in [-0.1, -0.05) is 23.7 Å². The van der Waals surface area contributed by atoms with Gasteiger partial charge in [0.15, 0.2) is 0 Å². The van der Waals surface area contributed by atoms with Crippen LogP contribution in [-0.2, 0) is 0 Å². The van der Waals surface area contributed by atoms with E-state index in [9.17, 15) is 10.1 Å². The van der Waals surface area contributed by atoms with Gasteiger partial charge in [-0.15, -0.1) is 0 Å². The number of benzene rings is 2. The lowest BCUT2D eigenvalue weighted by molar-refractivity contribution is -0.384. The molecule has 0 radical (unpaired) electrons. The van der Waals surface area contributed by atoms with Crippen LogP contribution in [0.15, 0.2) is 60.7 Å². The summed E-state index contributed by atoms with van der Waals surface area (Å²) in [6, 6.07) is 18.2. The van der Waals surface area contributed by atoms with Crippen molar-refractivity contribution in [3.05, 3.63) is 81.5 Å². The lowest BCUT2D eigenvalue weighted by Crippen LogP contribution is -1.99. The fourth-order valence-electron chi connectivity index (χ4n) is 2.45. The molecule has 0 saturated heterocycles. The molecule has 22 heavy (non-hydrogen) atoms. The molecule has 0 amide bonds. The maximum atomic E-state index is 10.8. The minimum Gasteiger partial charge on any atom is -0.314 e. The highest BCUT2D eigenvalue weighted by Crippen LogP contribution is 2.28. The zero-order chi connectivity index (χ0) is 15.7. The summed E-state index contributed by atoms with van der Waals surface area (Å²) in [6.07, 6.45) is 0. The van der Waals surface area contributed by atoms with Gasteiger partial charge in [0.1, 0.15) is 0 Å². The van der Waals surface area contributed by atoms with Gasteiger partial charge in [0.2, 0.25) is 0 Å². The Balaban J connectivity index is 2.09. The van der Waals surface area contributed by atoms with Crippen LogP contribution in [-0.4, -0.2) is 9.49 Å². The Morgan fingerprint density at radius 3 is 2.18 bits per heavy atom. The van der Waals surface area contributed by atoms with E-state index in [0.29, 0.717) is 5.02 Å². The molecule has 0 aliphatic heterocycles. The molecule has 0 bridgehead atoms. The van der Waals surface area contributed by atoms with Crippen molar-refractivity contribution in [3.8, 4) is 16.9 Å². The van der Waals surface area contributed by atoms with Crippen LogP contribution in [0.4, 0.5) is 5.69 Å². The van der Waals surface area contributed by atoms with E-state index in [0.717, 1.165) is 22.6 Å². The van der Waals surface area contributed by atoms with E-state index in [1.165, 1.54) is 12.1 Å². The summed E-state index contributed by atoms with van der Waals surface area (Å²) in [5.41, 5.74) is 4.08. The first kappa shape index (κ1) is 14.4. The van der Waals surface area contributed by atoms with E-state index < -0.39 is 4.92 Å². The molecule has 0 N–H and O–H groups in total. The van der Waals surface area contributed by atoms with E-state index in [1.807, 2.05) is 43.3 Å². The van der Waals surface area contributed by atoms with Crippen molar-refractivity contribution < 1.29 is 4.92 Å². The molecule has 1 heterocycles. The van der Waals surface area contributed by atoms with Gasteiger partial charge in [0.25, 0.3) is 5.69 Å². The van der Waals surface area contributed by atoms with Crippen LogP contribution >= 0.6 is 11.6 Å². The Morgan fingerprint density at radius 1 is 0.955 bits per heavy atom. The lowest BCUT2D eigenvalue weighted by Gasteiger charge is -2.12. The second-order valence-corrected chi connectivity index (χ2v) is 5.41. The third kappa shape index (κ3) is 2.61. The molecule has 0 aliphatic carbocycles. The Kier molecular flexibility index (Phi) is 3.69. The molecule has 0 unspecified atom stereocenters. The van der Waals surface area contributed by atoms with E-state index in [2.05, 4.69) is 4.57 Å². The van der Waals surface area contributed by atoms with Gasteiger partial charge in [-0.05, 0) is 48.9 Å². The first-order valence-corrected chi connectivity index (χ1v) is 7.13. The highest BCUT2D eigenvalue weighted by molar-refractivity contribution is 6.30. The Hall–Kier alpha value is -2.59. The number of nitrogens with zero attached hydrogens (tertiary/aromatic N) is 2. The lowest BCUT2D eigenvalue weighted by atomic mass is 10.1. The molecule has 110 valence electrons. The molecule has 0 saturated carbocycles. The van der Waals surface area contributed by atoms with Crippen molar-refractivity contribution in [2.75, 3.05) is 0 Å². The molecule has 0 spiro atoms. The van der Waals surface area contributed by atoms with Crippen molar-refractivity contribution in [2.45, 2.75) is 6.92 Å². The average molecular weight is 313 g/mol. The van der Waals surface area contributed by atoms with Crippen molar-refractivity contribution in [1.29, 1.82) is 0 Å². The topological polar surface area (TPSA) is 48.1 Å². The molecule has 0 fully saturated rings. The van der Waals surface area contributed by atoms with E-state index in [4.69, 9.17) is 11.6 Å². The van der Waals surface area contributed by atoms with Crippen LogP contribution in [0.25, 0.3) is 16.9 Å².